The zero-order valence-electron chi connectivity index (χ0n) is 10.3. The third-order valence-corrected chi connectivity index (χ3v) is 3.48. The van der Waals surface area contributed by atoms with Gasteiger partial charge < -0.3 is 15.5 Å². The standard InChI is InChI=1S/C12H21NO4/c1-7(2)10(6-14)13-11(15)8-3-4-9(5-8)12(16)17/h7-10,14H,3-6H2,1-2H3,(H,13,15)(H,16,17). The van der Waals surface area contributed by atoms with Gasteiger partial charge >= 0.3 is 5.97 Å². The lowest BCUT2D eigenvalue weighted by Gasteiger charge is -2.22. The van der Waals surface area contributed by atoms with E-state index in [-0.39, 0.29) is 30.4 Å². The van der Waals surface area contributed by atoms with Crippen LogP contribution in [0.3, 0.4) is 0 Å². The Morgan fingerprint density at radius 1 is 1.29 bits per heavy atom. The summed E-state index contributed by atoms with van der Waals surface area (Å²) in [6, 6.07) is -0.244. The molecule has 0 heterocycles. The van der Waals surface area contributed by atoms with Crippen molar-refractivity contribution in [3.05, 3.63) is 0 Å². The summed E-state index contributed by atoms with van der Waals surface area (Å²) in [6.45, 7) is 3.77. The Kier molecular flexibility index (Phi) is 4.93. The van der Waals surface area contributed by atoms with E-state index in [0.717, 1.165) is 0 Å². The zero-order chi connectivity index (χ0) is 13.0. The lowest BCUT2D eigenvalue weighted by atomic mass is 10.0. The predicted molar refractivity (Wildman–Crippen MR) is 62.3 cm³/mol. The number of carbonyl (C=O) groups is 2. The second-order valence-electron chi connectivity index (χ2n) is 5.09. The van der Waals surface area contributed by atoms with Crippen LogP contribution in [0, 0.1) is 17.8 Å². The van der Waals surface area contributed by atoms with Crippen LogP contribution in [0.1, 0.15) is 33.1 Å². The molecule has 1 aliphatic carbocycles. The minimum atomic E-state index is -0.817. The van der Waals surface area contributed by atoms with Crippen molar-refractivity contribution < 1.29 is 19.8 Å². The molecule has 1 rings (SSSR count). The molecule has 17 heavy (non-hydrogen) atoms. The van der Waals surface area contributed by atoms with Crippen molar-refractivity contribution in [2.75, 3.05) is 6.61 Å². The molecule has 0 bridgehead atoms. The molecule has 0 aromatic rings. The van der Waals surface area contributed by atoms with E-state index in [2.05, 4.69) is 5.32 Å². The highest BCUT2D eigenvalue weighted by Crippen LogP contribution is 2.31. The number of aliphatic hydroxyl groups is 1. The van der Waals surface area contributed by atoms with Crippen LogP contribution in [-0.4, -0.2) is 34.7 Å². The van der Waals surface area contributed by atoms with E-state index in [1.807, 2.05) is 13.8 Å². The molecule has 0 aromatic heterocycles. The van der Waals surface area contributed by atoms with Crippen LogP contribution < -0.4 is 5.32 Å². The summed E-state index contributed by atoms with van der Waals surface area (Å²) >= 11 is 0. The van der Waals surface area contributed by atoms with Crippen LogP contribution in [0.5, 0.6) is 0 Å². The van der Waals surface area contributed by atoms with Crippen molar-refractivity contribution in [2.24, 2.45) is 17.8 Å². The van der Waals surface area contributed by atoms with Crippen LogP contribution in [0.25, 0.3) is 0 Å². The molecule has 0 radical (unpaired) electrons. The van der Waals surface area contributed by atoms with Crippen molar-refractivity contribution in [3.8, 4) is 0 Å². The fraction of sp³-hybridized carbons (Fsp3) is 0.833. The second-order valence-corrected chi connectivity index (χ2v) is 5.09. The lowest BCUT2D eigenvalue weighted by Crippen LogP contribution is -2.43. The summed E-state index contributed by atoms with van der Waals surface area (Å²) in [4.78, 5) is 22.7. The van der Waals surface area contributed by atoms with E-state index >= 15 is 0 Å². The summed E-state index contributed by atoms with van der Waals surface area (Å²) in [6.07, 6.45) is 1.61. The van der Waals surface area contributed by atoms with Gasteiger partial charge in [-0.05, 0) is 25.2 Å². The molecule has 1 amide bonds. The maximum atomic E-state index is 11.9. The van der Waals surface area contributed by atoms with Gasteiger partial charge in [0.25, 0.3) is 0 Å². The summed E-state index contributed by atoms with van der Waals surface area (Å²) in [7, 11) is 0. The number of carboxylic acids is 1. The Bertz CT molecular complexity index is 290. The minimum absolute atomic E-state index is 0.0848. The van der Waals surface area contributed by atoms with Crippen molar-refractivity contribution in [2.45, 2.75) is 39.2 Å². The van der Waals surface area contributed by atoms with Gasteiger partial charge in [-0.3, -0.25) is 9.59 Å². The van der Waals surface area contributed by atoms with Crippen LogP contribution >= 0.6 is 0 Å². The average Bonchev–Trinajstić information content (AvgIpc) is 2.74. The number of carbonyl (C=O) groups excluding carboxylic acids is 1. The largest absolute Gasteiger partial charge is 0.481 e. The number of amides is 1. The van der Waals surface area contributed by atoms with Crippen LogP contribution in [0.2, 0.25) is 0 Å². The molecule has 0 aromatic carbocycles. The fourth-order valence-electron chi connectivity index (χ4n) is 2.17. The number of hydrogen-bond donors (Lipinski definition) is 3. The van der Waals surface area contributed by atoms with Crippen molar-refractivity contribution in [3.63, 3.8) is 0 Å². The van der Waals surface area contributed by atoms with Gasteiger partial charge in [-0.25, -0.2) is 0 Å². The molecule has 0 saturated heterocycles. The minimum Gasteiger partial charge on any atom is -0.481 e. The van der Waals surface area contributed by atoms with Crippen LogP contribution in [0.15, 0.2) is 0 Å². The van der Waals surface area contributed by atoms with Crippen LogP contribution in [0.4, 0.5) is 0 Å². The summed E-state index contributed by atoms with van der Waals surface area (Å²) in [5, 5.41) is 20.8. The molecule has 5 heteroatoms. The number of rotatable bonds is 5. The molecule has 0 spiro atoms. The van der Waals surface area contributed by atoms with Crippen LogP contribution in [-0.2, 0) is 9.59 Å². The van der Waals surface area contributed by atoms with E-state index in [4.69, 9.17) is 10.2 Å². The Morgan fingerprint density at radius 3 is 2.29 bits per heavy atom. The number of carboxylic acid groups (broad SMARTS) is 1. The SMILES string of the molecule is CC(C)C(CO)NC(=O)C1CCC(C(=O)O)C1. The maximum absolute atomic E-state index is 11.9. The Balaban J connectivity index is 2.46. The average molecular weight is 243 g/mol. The third kappa shape index (κ3) is 3.70. The molecule has 3 N–H and O–H groups in total. The van der Waals surface area contributed by atoms with Gasteiger partial charge in [-0.15, -0.1) is 0 Å². The first kappa shape index (κ1) is 14.0. The van der Waals surface area contributed by atoms with Crippen molar-refractivity contribution >= 4 is 11.9 Å². The highest BCUT2D eigenvalue weighted by Gasteiger charge is 2.34. The highest BCUT2D eigenvalue weighted by molar-refractivity contribution is 5.81. The quantitative estimate of drug-likeness (QED) is 0.660. The van der Waals surface area contributed by atoms with Gasteiger partial charge in [0.15, 0.2) is 0 Å². The first-order valence-corrected chi connectivity index (χ1v) is 6.09. The number of aliphatic hydroxyl groups excluding tert-OH is 1. The highest BCUT2D eigenvalue weighted by atomic mass is 16.4. The Labute approximate surface area is 101 Å². The number of aliphatic carboxylic acids is 1. The smallest absolute Gasteiger partial charge is 0.306 e. The topological polar surface area (TPSA) is 86.6 Å². The molecule has 0 aliphatic heterocycles. The summed E-state index contributed by atoms with van der Waals surface area (Å²) < 4.78 is 0. The molecular weight excluding hydrogens is 222 g/mol. The summed E-state index contributed by atoms with van der Waals surface area (Å²) in [5.74, 6) is -1.38. The first-order valence-electron chi connectivity index (χ1n) is 6.09. The Hall–Kier alpha value is -1.10. The number of nitrogens with one attached hydrogen (secondary N) is 1. The Morgan fingerprint density at radius 2 is 1.88 bits per heavy atom. The molecular formula is C12H21NO4. The van der Waals surface area contributed by atoms with E-state index < -0.39 is 11.9 Å². The molecule has 5 nitrogen and oxygen atoms in total. The molecule has 1 aliphatic rings. The van der Waals surface area contributed by atoms with Gasteiger partial charge in [0.2, 0.25) is 5.91 Å². The van der Waals surface area contributed by atoms with Gasteiger partial charge in [0, 0.05) is 5.92 Å². The normalized spacial score (nSPS) is 25.9. The molecule has 98 valence electrons. The summed E-state index contributed by atoms with van der Waals surface area (Å²) in [5.41, 5.74) is 0. The van der Waals surface area contributed by atoms with Gasteiger partial charge in [-0.2, -0.15) is 0 Å². The van der Waals surface area contributed by atoms with E-state index in [1.54, 1.807) is 0 Å². The first-order chi connectivity index (χ1) is 7.95. The van der Waals surface area contributed by atoms with Crippen molar-refractivity contribution in [1.82, 2.24) is 5.32 Å². The van der Waals surface area contributed by atoms with E-state index in [0.29, 0.717) is 19.3 Å². The monoisotopic (exact) mass is 243 g/mol. The van der Waals surface area contributed by atoms with E-state index in [9.17, 15) is 9.59 Å². The number of hydrogen-bond acceptors (Lipinski definition) is 3. The zero-order valence-corrected chi connectivity index (χ0v) is 10.3. The molecule has 1 saturated carbocycles. The van der Waals surface area contributed by atoms with Gasteiger partial charge in [0.05, 0.1) is 18.6 Å². The van der Waals surface area contributed by atoms with Crippen molar-refractivity contribution in [1.29, 1.82) is 0 Å². The van der Waals surface area contributed by atoms with E-state index in [1.165, 1.54) is 0 Å². The molecule has 3 unspecified atom stereocenters. The second kappa shape index (κ2) is 6.00. The predicted octanol–water partition coefficient (Wildman–Crippen LogP) is 0.620. The van der Waals surface area contributed by atoms with Gasteiger partial charge in [-0.1, -0.05) is 13.8 Å². The van der Waals surface area contributed by atoms with Gasteiger partial charge in [0.1, 0.15) is 0 Å². The molecule has 1 fully saturated rings. The fourth-order valence-corrected chi connectivity index (χ4v) is 2.17. The molecule has 3 atom stereocenters. The maximum Gasteiger partial charge on any atom is 0.306 e. The lowest BCUT2D eigenvalue weighted by molar-refractivity contribution is -0.141. The third-order valence-electron chi connectivity index (χ3n) is 3.48.